The van der Waals surface area contributed by atoms with Crippen molar-refractivity contribution in [2.45, 2.75) is 52.6 Å². The van der Waals surface area contributed by atoms with Crippen molar-refractivity contribution in [3.05, 3.63) is 81.6 Å². The van der Waals surface area contributed by atoms with Gasteiger partial charge in [0.05, 0.1) is 51.2 Å². The highest BCUT2D eigenvalue weighted by atomic mass is 35.5. The number of imidazole rings is 1. The number of piperazine rings is 1. The molecule has 2 aliphatic rings. The molecule has 2 atom stereocenters. The van der Waals surface area contributed by atoms with E-state index in [-0.39, 0.29) is 29.5 Å². The van der Waals surface area contributed by atoms with Gasteiger partial charge in [-0.3, -0.25) is 19.1 Å². The standard InChI is InChI=1S/C35H37ClN8O2/c1-8-26(45)42-16-22-15-41(7)33-32(43(22)14-21(42)6)23-13-24(36)29(27-19(4)9-10-25-30(27)39-17-38-25)40-34(23)44(35(33)46)31-20(5)11-12-37-28(31)18(2)3/h8-13,17-18,21-22H,1,14-16H2,2-7H3,(H,38,39). The summed E-state index contributed by atoms with van der Waals surface area (Å²) in [6, 6.07) is 7.76. The number of halogens is 1. The van der Waals surface area contributed by atoms with Gasteiger partial charge >= 0.3 is 0 Å². The Balaban J connectivity index is 1.59. The van der Waals surface area contributed by atoms with Gasteiger partial charge in [0.15, 0.2) is 0 Å². The first-order valence-electron chi connectivity index (χ1n) is 15.6. The Kier molecular flexibility index (Phi) is 7.15. The third kappa shape index (κ3) is 4.41. The summed E-state index contributed by atoms with van der Waals surface area (Å²) in [7, 11) is 1.94. The Labute approximate surface area is 272 Å². The van der Waals surface area contributed by atoms with Crippen LogP contribution in [0, 0.1) is 13.8 Å². The van der Waals surface area contributed by atoms with Crippen LogP contribution in [0.25, 0.3) is 39.0 Å². The number of nitrogens with one attached hydrogen (secondary N) is 1. The van der Waals surface area contributed by atoms with Crippen LogP contribution >= 0.6 is 11.6 Å². The van der Waals surface area contributed by atoms with Gasteiger partial charge in [-0.1, -0.05) is 38.1 Å². The van der Waals surface area contributed by atoms with Crippen LogP contribution in [0.4, 0.5) is 11.4 Å². The number of fused-ring (bicyclic) bond motifs is 6. The minimum atomic E-state index is -0.172. The van der Waals surface area contributed by atoms with Crippen LogP contribution in [0.3, 0.4) is 0 Å². The smallest absolute Gasteiger partial charge is 0.282 e. The minimum Gasteiger partial charge on any atom is -0.366 e. The van der Waals surface area contributed by atoms with Crippen molar-refractivity contribution in [3.8, 4) is 16.9 Å². The van der Waals surface area contributed by atoms with E-state index in [0.29, 0.717) is 41.7 Å². The summed E-state index contributed by atoms with van der Waals surface area (Å²) in [6.45, 7) is 15.6. The summed E-state index contributed by atoms with van der Waals surface area (Å²) in [4.78, 5) is 51.8. The lowest BCUT2D eigenvalue weighted by Gasteiger charge is -2.51. The number of H-pyrrole nitrogens is 1. The van der Waals surface area contributed by atoms with Crippen molar-refractivity contribution in [2.24, 2.45) is 0 Å². The molecule has 2 aliphatic heterocycles. The number of amides is 1. The number of likely N-dealkylation sites (N-methyl/N-ethyl adjacent to an activating group) is 1. The Hall–Kier alpha value is -4.70. The molecule has 46 heavy (non-hydrogen) atoms. The third-order valence-corrected chi connectivity index (χ3v) is 9.75. The Morgan fingerprint density at radius 1 is 1.09 bits per heavy atom. The number of aryl methyl sites for hydroxylation is 2. The van der Waals surface area contributed by atoms with Gasteiger partial charge in [0.2, 0.25) is 5.91 Å². The first-order chi connectivity index (χ1) is 22.0. The monoisotopic (exact) mass is 636 g/mol. The van der Waals surface area contributed by atoms with Gasteiger partial charge in [-0.05, 0) is 62.1 Å². The van der Waals surface area contributed by atoms with Gasteiger partial charge < -0.3 is 19.7 Å². The van der Waals surface area contributed by atoms with Crippen LogP contribution in [0.15, 0.2) is 54.2 Å². The molecule has 1 N–H and O–H groups in total. The Morgan fingerprint density at radius 3 is 2.61 bits per heavy atom. The number of benzene rings is 1. The van der Waals surface area contributed by atoms with Crippen molar-refractivity contribution in [2.75, 3.05) is 36.5 Å². The highest BCUT2D eigenvalue weighted by molar-refractivity contribution is 6.34. The van der Waals surface area contributed by atoms with Gasteiger partial charge in [0.25, 0.3) is 5.56 Å². The van der Waals surface area contributed by atoms with E-state index in [1.54, 1.807) is 17.1 Å². The maximum absolute atomic E-state index is 15.0. The molecule has 0 radical (unpaired) electrons. The molecule has 0 spiro atoms. The van der Waals surface area contributed by atoms with E-state index in [4.69, 9.17) is 21.6 Å². The predicted molar refractivity (Wildman–Crippen MR) is 185 cm³/mol. The number of rotatable bonds is 4. The van der Waals surface area contributed by atoms with Crippen molar-refractivity contribution in [1.82, 2.24) is 29.4 Å². The Morgan fingerprint density at radius 2 is 1.87 bits per heavy atom. The number of hydrogen-bond donors (Lipinski definition) is 1. The number of nitrogens with zero attached hydrogens (tertiary/aromatic N) is 7. The van der Waals surface area contributed by atoms with Gasteiger partial charge in [-0.25, -0.2) is 9.97 Å². The number of anilines is 2. The van der Waals surface area contributed by atoms with Crippen molar-refractivity contribution >= 4 is 50.9 Å². The molecular weight excluding hydrogens is 600 g/mol. The van der Waals surface area contributed by atoms with E-state index in [0.717, 1.165) is 50.2 Å². The van der Waals surface area contributed by atoms with Gasteiger partial charge in [-0.15, -0.1) is 0 Å². The maximum Gasteiger partial charge on any atom is 0.282 e. The molecule has 7 rings (SSSR count). The Bertz CT molecular complexity index is 2130. The maximum atomic E-state index is 15.0. The quantitative estimate of drug-likeness (QED) is 0.250. The molecule has 1 amide bonds. The van der Waals surface area contributed by atoms with Gasteiger partial charge in [0, 0.05) is 49.9 Å². The van der Waals surface area contributed by atoms with E-state index in [9.17, 15) is 4.79 Å². The average molecular weight is 637 g/mol. The van der Waals surface area contributed by atoms with E-state index in [2.05, 4.69) is 35.3 Å². The van der Waals surface area contributed by atoms with Crippen LogP contribution < -0.4 is 15.4 Å². The molecule has 5 aromatic rings. The van der Waals surface area contributed by atoms with E-state index in [1.165, 1.54) is 6.08 Å². The molecular formula is C35H37ClN8O2. The average Bonchev–Trinajstić information content (AvgIpc) is 3.50. The minimum absolute atomic E-state index is 0.0408. The molecule has 2 unspecified atom stereocenters. The number of hydrogen-bond acceptors (Lipinski definition) is 7. The first-order valence-corrected chi connectivity index (χ1v) is 16.0. The van der Waals surface area contributed by atoms with E-state index in [1.807, 2.05) is 61.9 Å². The second kappa shape index (κ2) is 11.0. The number of carbonyl (C=O) groups excluding carboxylic acids is 1. The number of carbonyl (C=O) groups is 1. The van der Waals surface area contributed by atoms with E-state index >= 15 is 4.79 Å². The largest absolute Gasteiger partial charge is 0.366 e. The molecule has 0 saturated carbocycles. The molecule has 6 heterocycles. The topological polar surface area (TPSA) is 103 Å². The van der Waals surface area contributed by atoms with Crippen LogP contribution in [-0.2, 0) is 4.79 Å². The molecule has 1 fully saturated rings. The second-order valence-electron chi connectivity index (χ2n) is 12.8. The summed E-state index contributed by atoms with van der Waals surface area (Å²) in [5, 5.41) is 1.23. The molecule has 4 aromatic heterocycles. The molecule has 1 saturated heterocycles. The fourth-order valence-electron chi connectivity index (χ4n) is 7.26. The fraction of sp³-hybridized carbons (Fsp3) is 0.343. The zero-order valence-electron chi connectivity index (χ0n) is 26.9. The van der Waals surface area contributed by atoms with Crippen molar-refractivity contribution in [3.63, 3.8) is 0 Å². The molecule has 0 aliphatic carbocycles. The fourth-order valence-corrected chi connectivity index (χ4v) is 7.51. The predicted octanol–water partition coefficient (Wildman–Crippen LogP) is 5.76. The molecule has 10 nitrogen and oxygen atoms in total. The number of aromatic amines is 1. The van der Waals surface area contributed by atoms with Gasteiger partial charge in [0.1, 0.15) is 11.3 Å². The van der Waals surface area contributed by atoms with Crippen LogP contribution in [-0.4, -0.2) is 74.1 Å². The SMILES string of the molecule is C=CC(=O)N1CC2CN(C)c3c(c4cc(Cl)c(-c5c(C)ccc6[nH]cnc56)nc4n(-c4c(C)ccnc4C(C)C)c3=O)N2CC1C. The van der Waals surface area contributed by atoms with Crippen LogP contribution in [0.5, 0.6) is 0 Å². The zero-order chi connectivity index (χ0) is 32.6. The summed E-state index contributed by atoms with van der Waals surface area (Å²) in [6.07, 6.45) is 4.83. The van der Waals surface area contributed by atoms with Crippen molar-refractivity contribution in [1.29, 1.82) is 0 Å². The molecule has 11 heteroatoms. The first kappa shape index (κ1) is 30.0. The lowest BCUT2D eigenvalue weighted by atomic mass is 9.98. The normalized spacial score (nSPS) is 18.0. The summed E-state index contributed by atoms with van der Waals surface area (Å²) in [5.74, 6) is -0.0375. The number of aromatic nitrogens is 5. The molecule has 0 bridgehead atoms. The third-order valence-electron chi connectivity index (χ3n) is 9.47. The van der Waals surface area contributed by atoms with E-state index < -0.39 is 0 Å². The molecule has 236 valence electrons. The van der Waals surface area contributed by atoms with Crippen molar-refractivity contribution < 1.29 is 4.79 Å². The second-order valence-corrected chi connectivity index (χ2v) is 13.2. The van der Waals surface area contributed by atoms with Gasteiger partial charge in [-0.2, -0.15) is 0 Å². The highest BCUT2D eigenvalue weighted by Gasteiger charge is 2.41. The van der Waals surface area contributed by atoms with Crippen LogP contribution in [0.1, 0.15) is 43.5 Å². The summed E-state index contributed by atoms with van der Waals surface area (Å²) >= 11 is 7.20. The highest BCUT2D eigenvalue weighted by Crippen LogP contribution is 2.44. The number of pyridine rings is 3. The summed E-state index contributed by atoms with van der Waals surface area (Å²) < 4.78 is 1.74. The zero-order valence-corrected chi connectivity index (χ0v) is 27.7. The lowest BCUT2D eigenvalue weighted by Crippen LogP contribution is -2.64. The lowest BCUT2D eigenvalue weighted by molar-refractivity contribution is -0.128. The molecule has 1 aromatic carbocycles. The van der Waals surface area contributed by atoms with Crippen LogP contribution in [0.2, 0.25) is 5.02 Å². The summed E-state index contributed by atoms with van der Waals surface area (Å²) in [5.41, 5.74) is 8.14.